The third-order valence-corrected chi connectivity index (χ3v) is 5.41. The number of hydrogen-bond acceptors (Lipinski definition) is 3. The summed E-state index contributed by atoms with van der Waals surface area (Å²) in [5.74, 6) is -0.390. The van der Waals surface area contributed by atoms with Gasteiger partial charge in [-0.15, -0.1) is 23.4 Å². The van der Waals surface area contributed by atoms with Crippen molar-refractivity contribution in [1.82, 2.24) is 0 Å². The summed E-state index contributed by atoms with van der Waals surface area (Å²) in [6.07, 6.45) is 0.283. The Morgan fingerprint density at radius 1 is 1.43 bits per heavy atom. The number of hydrogen-bond donors (Lipinski definition) is 1. The molecule has 7 heteroatoms. The number of halogens is 4. The van der Waals surface area contributed by atoms with Crippen LogP contribution in [0.15, 0.2) is 22.6 Å². The molecule has 0 aliphatic heterocycles. The minimum atomic E-state index is -4.22. The Labute approximate surface area is 142 Å². The highest BCUT2D eigenvalue weighted by Gasteiger charge is 2.43. The Morgan fingerprint density at radius 2 is 2.09 bits per heavy atom. The van der Waals surface area contributed by atoms with E-state index in [2.05, 4.69) is 0 Å². The molecule has 0 bridgehead atoms. The first kappa shape index (κ1) is 18.2. The van der Waals surface area contributed by atoms with Gasteiger partial charge in [0, 0.05) is 16.7 Å². The van der Waals surface area contributed by atoms with Crippen LogP contribution in [-0.2, 0) is 0 Å². The van der Waals surface area contributed by atoms with Crippen LogP contribution in [-0.4, -0.2) is 30.1 Å². The summed E-state index contributed by atoms with van der Waals surface area (Å²) in [6, 6.07) is 3.37. The SMILES string of the molecule is COc1cc(C)c(SCC(F)(F)F)cc1/C=C(\C=N)C1(Cl)CC1. The monoisotopic (exact) mass is 363 g/mol. The van der Waals surface area contributed by atoms with Crippen molar-refractivity contribution in [3.8, 4) is 5.75 Å². The molecule has 2 rings (SSSR count). The molecular weight excluding hydrogens is 347 g/mol. The van der Waals surface area contributed by atoms with Crippen molar-refractivity contribution in [2.45, 2.75) is 35.7 Å². The number of allylic oxidation sites excluding steroid dienone is 1. The van der Waals surface area contributed by atoms with Gasteiger partial charge in [0.15, 0.2) is 0 Å². The molecule has 0 unspecified atom stereocenters. The van der Waals surface area contributed by atoms with E-state index in [4.69, 9.17) is 21.7 Å². The maximum atomic E-state index is 12.4. The normalized spacial score (nSPS) is 17.0. The molecule has 1 fully saturated rings. The van der Waals surface area contributed by atoms with Crippen LogP contribution < -0.4 is 4.74 Å². The number of benzene rings is 1. The maximum Gasteiger partial charge on any atom is 0.398 e. The molecule has 0 spiro atoms. The van der Waals surface area contributed by atoms with Gasteiger partial charge < -0.3 is 10.1 Å². The van der Waals surface area contributed by atoms with Gasteiger partial charge >= 0.3 is 6.18 Å². The molecule has 0 aromatic heterocycles. The van der Waals surface area contributed by atoms with Crippen LogP contribution in [0.2, 0.25) is 0 Å². The van der Waals surface area contributed by atoms with E-state index in [0.717, 1.165) is 30.2 Å². The molecule has 1 aromatic carbocycles. The second-order valence-corrected chi connectivity index (χ2v) is 7.21. The average Bonchev–Trinajstić information content (AvgIpc) is 3.21. The lowest BCUT2D eigenvalue weighted by atomic mass is 10.0. The molecule has 0 heterocycles. The summed E-state index contributed by atoms with van der Waals surface area (Å²) in [5, 5.41) is 7.52. The molecule has 1 N–H and O–H groups in total. The molecule has 1 saturated carbocycles. The number of rotatable bonds is 6. The zero-order chi connectivity index (χ0) is 17.3. The molecule has 0 amide bonds. The Balaban J connectivity index is 2.37. The van der Waals surface area contributed by atoms with Crippen molar-refractivity contribution in [1.29, 1.82) is 5.41 Å². The molecule has 0 atom stereocenters. The first-order valence-electron chi connectivity index (χ1n) is 6.98. The topological polar surface area (TPSA) is 33.1 Å². The molecule has 0 saturated heterocycles. The minimum Gasteiger partial charge on any atom is -0.496 e. The van der Waals surface area contributed by atoms with Gasteiger partial charge in [-0.1, -0.05) is 0 Å². The smallest absolute Gasteiger partial charge is 0.398 e. The number of aryl methyl sites for hydroxylation is 1. The van der Waals surface area contributed by atoms with Gasteiger partial charge in [0.25, 0.3) is 0 Å². The lowest BCUT2D eigenvalue weighted by Crippen LogP contribution is -2.10. The number of thioether (sulfide) groups is 1. The summed E-state index contributed by atoms with van der Waals surface area (Å²) in [7, 11) is 1.51. The van der Waals surface area contributed by atoms with Crippen molar-refractivity contribution in [2.24, 2.45) is 0 Å². The second-order valence-electron chi connectivity index (χ2n) is 5.47. The summed E-state index contributed by atoms with van der Waals surface area (Å²) in [5.41, 5.74) is 2.00. The Bertz CT molecular complexity index is 639. The van der Waals surface area contributed by atoms with Gasteiger partial charge in [0.2, 0.25) is 0 Å². The molecule has 2 nitrogen and oxygen atoms in total. The third-order valence-electron chi connectivity index (χ3n) is 3.59. The van der Waals surface area contributed by atoms with Crippen molar-refractivity contribution in [3.05, 3.63) is 28.8 Å². The van der Waals surface area contributed by atoms with E-state index in [0.29, 0.717) is 21.8 Å². The van der Waals surface area contributed by atoms with Crippen molar-refractivity contribution >= 4 is 35.7 Å². The molecule has 0 radical (unpaired) electrons. The predicted molar refractivity (Wildman–Crippen MR) is 89.1 cm³/mol. The van der Waals surface area contributed by atoms with Gasteiger partial charge in [-0.25, -0.2) is 0 Å². The largest absolute Gasteiger partial charge is 0.496 e. The zero-order valence-corrected chi connectivity index (χ0v) is 14.3. The molecule has 1 aliphatic carbocycles. The summed E-state index contributed by atoms with van der Waals surface area (Å²) >= 11 is 7.08. The van der Waals surface area contributed by atoms with Crippen LogP contribution in [0.4, 0.5) is 13.2 Å². The van der Waals surface area contributed by atoms with Gasteiger partial charge in [-0.3, -0.25) is 0 Å². The Morgan fingerprint density at radius 3 is 2.57 bits per heavy atom. The van der Waals surface area contributed by atoms with Crippen molar-refractivity contribution < 1.29 is 17.9 Å². The first-order chi connectivity index (χ1) is 10.7. The lowest BCUT2D eigenvalue weighted by Gasteiger charge is -2.14. The van der Waals surface area contributed by atoms with E-state index in [9.17, 15) is 13.2 Å². The van der Waals surface area contributed by atoms with E-state index < -0.39 is 16.8 Å². The Kier molecular flexibility index (Phi) is 5.36. The standard InChI is InChI=1S/C16H17ClF3NOS/c1-10-5-13(22-2)11(6-12(8-21)15(17)3-4-15)7-14(10)23-9-16(18,19)20/h5-8,21H,3-4,9H2,1-2H3/b12-6+,21-8?. The van der Waals surface area contributed by atoms with Gasteiger partial charge in [-0.05, 0) is 49.1 Å². The van der Waals surface area contributed by atoms with Gasteiger partial charge in [0.1, 0.15) is 5.75 Å². The first-order valence-corrected chi connectivity index (χ1v) is 8.34. The number of alkyl halides is 4. The predicted octanol–water partition coefficient (Wildman–Crippen LogP) is 5.46. The minimum absolute atomic E-state index is 0.517. The average molecular weight is 364 g/mol. The van der Waals surface area contributed by atoms with Crippen LogP contribution in [0.5, 0.6) is 5.75 Å². The van der Waals surface area contributed by atoms with E-state index in [1.807, 2.05) is 0 Å². The number of ether oxygens (including phenoxy) is 1. The molecular formula is C16H17ClF3NOS. The van der Waals surface area contributed by atoms with E-state index in [1.165, 1.54) is 13.3 Å². The third kappa shape index (κ3) is 4.67. The maximum absolute atomic E-state index is 12.4. The van der Waals surface area contributed by atoms with Crippen LogP contribution in [0.25, 0.3) is 6.08 Å². The van der Waals surface area contributed by atoms with Crippen LogP contribution in [0.3, 0.4) is 0 Å². The highest BCUT2D eigenvalue weighted by molar-refractivity contribution is 7.99. The fraction of sp³-hybridized carbons (Fsp3) is 0.438. The van der Waals surface area contributed by atoms with Crippen LogP contribution in [0, 0.1) is 12.3 Å². The lowest BCUT2D eigenvalue weighted by molar-refractivity contribution is -0.105. The van der Waals surface area contributed by atoms with Crippen LogP contribution >= 0.6 is 23.4 Å². The molecule has 1 aromatic rings. The molecule has 126 valence electrons. The van der Waals surface area contributed by atoms with Gasteiger partial charge in [0.05, 0.1) is 17.7 Å². The van der Waals surface area contributed by atoms with Gasteiger partial charge in [-0.2, -0.15) is 13.2 Å². The number of methoxy groups -OCH3 is 1. The summed E-state index contributed by atoms with van der Waals surface area (Å²) in [6.45, 7) is 1.75. The zero-order valence-electron chi connectivity index (χ0n) is 12.8. The highest BCUT2D eigenvalue weighted by atomic mass is 35.5. The van der Waals surface area contributed by atoms with Crippen LogP contribution in [0.1, 0.15) is 24.0 Å². The van der Waals surface area contributed by atoms with E-state index >= 15 is 0 Å². The molecule has 1 aliphatic rings. The fourth-order valence-corrected chi connectivity index (χ4v) is 3.17. The number of nitrogens with one attached hydrogen (secondary N) is 1. The summed E-state index contributed by atoms with van der Waals surface area (Å²) in [4.78, 5) is 0.0230. The van der Waals surface area contributed by atoms with Crippen molar-refractivity contribution in [2.75, 3.05) is 12.9 Å². The van der Waals surface area contributed by atoms with E-state index in [1.54, 1.807) is 25.1 Å². The Hall–Kier alpha value is -1.14. The van der Waals surface area contributed by atoms with Crippen molar-refractivity contribution in [3.63, 3.8) is 0 Å². The fourth-order valence-electron chi connectivity index (χ4n) is 2.15. The quantitative estimate of drug-likeness (QED) is 0.413. The highest BCUT2D eigenvalue weighted by Crippen LogP contribution is 2.49. The second kappa shape index (κ2) is 6.77. The molecule has 23 heavy (non-hydrogen) atoms. The van der Waals surface area contributed by atoms with E-state index in [-0.39, 0.29) is 0 Å². The summed E-state index contributed by atoms with van der Waals surface area (Å²) < 4.78 is 42.6.